The van der Waals surface area contributed by atoms with E-state index >= 15 is 0 Å². The largest absolute Gasteiger partial charge is 0.462 e. The Morgan fingerprint density at radius 3 is 2.41 bits per heavy atom. The first-order chi connectivity index (χ1) is 22.1. The molecular weight excluding hydrogens is 635 g/mol. The molecule has 2 N–H and O–H groups in total. The molecule has 3 aromatic carbocycles. The number of thioether (sulfide) groups is 1. The number of hydrogen-bond acceptors (Lipinski definition) is 7. The summed E-state index contributed by atoms with van der Waals surface area (Å²) >= 11 is 6.84. The topological polar surface area (TPSA) is 127 Å². The summed E-state index contributed by atoms with van der Waals surface area (Å²) in [4.78, 5) is 64.9. The molecule has 13 heteroatoms. The SMILES string of the molecule is CCCCOC(=O)c1cc(NC(=O)CN2C(=O)S/C(=C\c3cn(CC(=O)Nc4ccc(F)cc4)c4ccccc34)C2=O)ccc1Cl. The van der Waals surface area contributed by atoms with Gasteiger partial charge in [-0.2, -0.15) is 0 Å². The molecular formula is C33H28ClFN4O6S. The number of amides is 4. The molecule has 46 heavy (non-hydrogen) atoms. The van der Waals surface area contributed by atoms with Gasteiger partial charge in [0, 0.05) is 34.0 Å². The highest BCUT2D eigenvalue weighted by Gasteiger charge is 2.36. The molecule has 1 saturated heterocycles. The summed E-state index contributed by atoms with van der Waals surface area (Å²) in [6.07, 6.45) is 4.79. The Morgan fingerprint density at radius 1 is 0.957 bits per heavy atom. The van der Waals surface area contributed by atoms with Crippen molar-refractivity contribution in [2.24, 2.45) is 0 Å². The second kappa shape index (κ2) is 14.4. The quantitative estimate of drug-likeness (QED) is 0.104. The first kappa shape index (κ1) is 32.5. The maximum Gasteiger partial charge on any atom is 0.339 e. The zero-order valence-corrected chi connectivity index (χ0v) is 26.1. The van der Waals surface area contributed by atoms with Gasteiger partial charge in [0.1, 0.15) is 18.9 Å². The number of carbonyl (C=O) groups is 5. The minimum atomic E-state index is -0.653. The Labute approximate surface area is 272 Å². The number of nitrogens with one attached hydrogen (secondary N) is 2. The maximum atomic E-state index is 13.2. The molecule has 5 rings (SSSR count). The van der Waals surface area contributed by atoms with Gasteiger partial charge in [0.25, 0.3) is 11.1 Å². The van der Waals surface area contributed by atoms with Gasteiger partial charge in [-0.25, -0.2) is 9.18 Å². The van der Waals surface area contributed by atoms with Crippen molar-refractivity contribution >= 4 is 80.6 Å². The van der Waals surface area contributed by atoms with Crippen LogP contribution >= 0.6 is 23.4 Å². The molecule has 4 aromatic rings. The van der Waals surface area contributed by atoms with Gasteiger partial charge in [0.15, 0.2) is 0 Å². The van der Waals surface area contributed by atoms with Crippen LogP contribution in [0.5, 0.6) is 0 Å². The summed E-state index contributed by atoms with van der Waals surface area (Å²) < 4.78 is 20.1. The van der Waals surface area contributed by atoms with E-state index in [4.69, 9.17) is 16.3 Å². The summed E-state index contributed by atoms with van der Waals surface area (Å²) in [6.45, 7) is 1.59. The Bertz CT molecular complexity index is 1870. The minimum Gasteiger partial charge on any atom is -0.462 e. The van der Waals surface area contributed by atoms with Gasteiger partial charge in [-0.05, 0) is 72.8 Å². The van der Waals surface area contributed by atoms with Crippen molar-refractivity contribution in [2.75, 3.05) is 23.8 Å². The molecule has 0 atom stereocenters. The minimum absolute atomic E-state index is 0.0593. The lowest BCUT2D eigenvalue weighted by Crippen LogP contribution is -2.36. The number of benzene rings is 3. The highest BCUT2D eigenvalue weighted by atomic mass is 35.5. The van der Waals surface area contributed by atoms with Crippen LogP contribution in [0, 0.1) is 5.82 Å². The number of para-hydroxylation sites is 1. The molecule has 0 saturated carbocycles. The number of fused-ring (bicyclic) bond motifs is 1. The third-order valence-electron chi connectivity index (χ3n) is 6.92. The van der Waals surface area contributed by atoms with Crippen molar-refractivity contribution in [2.45, 2.75) is 26.3 Å². The Hall–Kier alpha value is -4.94. The number of hydrogen-bond donors (Lipinski definition) is 2. The van der Waals surface area contributed by atoms with Gasteiger partial charge in [0.05, 0.1) is 22.1 Å². The lowest BCUT2D eigenvalue weighted by atomic mass is 10.1. The van der Waals surface area contributed by atoms with Crippen LogP contribution in [0.1, 0.15) is 35.7 Å². The van der Waals surface area contributed by atoms with E-state index in [2.05, 4.69) is 10.6 Å². The highest BCUT2D eigenvalue weighted by molar-refractivity contribution is 8.18. The van der Waals surface area contributed by atoms with Gasteiger partial charge in [-0.1, -0.05) is 43.1 Å². The number of aromatic nitrogens is 1. The first-order valence-corrected chi connectivity index (χ1v) is 15.5. The second-order valence-electron chi connectivity index (χ2n) is 10.3. The van der Waals surface area contributed by atoms with Crippen molar-refractivity contribution in [1.29, 1.82) is 0 Å². The number of imide groups is 1. The summed E-state index contributed by atoms with van der Waals surface area (Å²) in [5, 5.41) is 5.59. The smallest absolute Gasteiger partial charge is 0.339 e. The van der Waals surface area contributed by atoms with Crippen LogP contribution in [0.2, 0.25) is 5.02 Å². The molecule has 10 nitrogen and oxygen atoms in total. The van der Waals surface area contributed by atoms with Gasteiger partial charge >= 0.3 is 5.97 Å². The predicted octanol–water partition coefficient (Wildman–Crippen LogP) is 6.70. The number of unbranched alkanes of at least 4 members (excludes halogenated alkanes) is 1. The van der Waals surface area contributed by atoms with E-state index in [-0.39, 0.29) is 40.2 Å². The maximum absolute atomic E-state index is 13.2. The summed E-state index contributed by atoms with van der Waals surface area (Å²) in [5.74, 6) is -2.68. The summed E-state index contributed by atoms with van der Waals surface area (Å²) in [6, 6.07) is 17.0. The monoisotopic (exact) mass is 662 g/mol. The zero-order valence-electron chi connectivity index (χ0n) is 24.5. The molecule has 1 fully saturated rings. The average Bonchev–Trinajstić information content (AvgIpc) is 3.50. The fraction of sp³-hybridized carbons (Fsp3) is 0.182. The molecule has 236 valence electrons. The highest BCUT2D eigenvalue weighted by Crippen LogP contribution is 2.34. The van der Waals surface area contributed by atoms with E-state index in [9.17, 15) is 28.4 Å². The molecule has 0 unspecified atom stereocenters. The second-order valence-corrected chi connectivity index (χ2v) is 11.7. The van der Waals surface area contributed by atoms with Gasteiger partial charge < -0.3 is 19.9 Å². The van der Waals surface area contributed by atoms with Crippen LogP contribution in [0.15, 0.2) is 77.8 Å². The van der Waals surface area contributed by atoms with E-state index in [0.717, 1.165) is 22.2 Å². The Kier molecular flexibility index (Phi) is 10.2. The van der Waals surface area contributed by atoms with Crippen LogP contribution in [0.25, 0.3) is 17.0 Å². The fourth-order valence-electron chi connectivity index (χ4n) is 4.68. The normalized spacial score (nSPS) is 13.8. The van der Waals surface area contributed by atoms with Crippen molar-refractivity contribution in [3.05, 3.63) is 99.8 Å². The number of anilines is 2. The van der Waals surface area contributed by atoms with Crippen molar-refractivity contribution in [3.63, 3.8) is 0 Å². The molecule has 1 aliphatic rings. The number of esters is 1. The van der Waals surface area contributed by atoms with Gasteiger partial charge in [0.2, 0.25) is 11.8 Å². The zero-order chi connectivity index (χ0) is 32.8. The van der Waals surface area contributed by atoms with Crippen LogP contribution in [-0.4, -0.2) is 51.5 Å². The van der Waals surface area contributed by atoms with E-state index in [1.54, 1.807) is 16.8 Å². The molecule has 0 bridgehead atoms. The fourth-order valence-corrected chi connectivity index (χ4v) is 5.70. The average molecular weight is 663 g/mol. The van der Waals surface area contributed by atoms with Crippen LogP contribution in [-0.2, 0) is 25.7 Å². The molecule has 2 heterocycles. The number of halogens is 2. The van der Waals surface area contributed by atoms with E-state index in [0.29, 0.717) is 29.4 Å². The lowest BCUT2D eigenvalue weighted by Gasteiger charge is -2.13. The third-order valence-corrected chi connectivity index (χ3v) is 8.16. The van der Waals surface area contributed by atoms with Crippen LogP contribution < -0.4 is 10.6 Å². The van der Waals surface area contributed by atoms with Crippen LogP contribution in [0.3, 0.4) is 0 Å². The molecule has 0 spiro atoms. The van der Waals surface area contributed by atoms with Crippen LogP contribution in [0.4, 0.5) is 20.6 Å². The predicted molar refractivity (Wildman–Crippen MR) is 175 cm³/mol. The van der Waals surface area contributed by atoms with Gasteiger partial charge in [-0.15, -0.1) is 0 Å². The van der Waals surface area contributed by atoms with E-state index in [1.807, 2.05) is 31.2 Å². The van der Waals surface area contributed by atoms with E-state index < -0.39 is 35.4 Å². The first-order valence-electron chi connectivity index (χ1n) is 14.3. The molecule has 4 amide bonds. The molecule has 0 radical (unpaired) electrons. The van der Waals surface area contributed by atoms with E-state index in [1.165, 1.54) is 42.5 Å². The number of nitrogens with zero attached hydrogens (tertiary/aromatic N) is 2. The number of ether oxygens (including phenoxy) is 1. The number of rotatable bonds is 11. The number of carbonyl (C=O) groups excluding carboxylic acids is 5. The molecule has 0 aliphatic carbocycles. The molecule has 1 aromatic heterocycles. The standard InChI is InChI=1S/C33H28ClFN4O6S/c1-2-3-14-45-32(43)25-16-23(12-13-26(25)34)37-30(41)19-39-31(42)28(46-33(39)44)15-20-17-38(27-7-5-4-6-24(20)27)18-29(40)36-22-10-8-21(35)9-11-22/h4-13,15-17H,2-3,14,18-19H2,1H3,(H,36,40)(H,37,41)/b28-15-. The van der Waals surface area contributed by atoms with Crippen molar-refractivity contribution < 1.29 is 33.1 Å². The Balaban J connectivity index is 1.27. The van der Waals surface area contributed by atoms with Crippen molar-refractivity contribution in [3.8, 4) is 0 Å². The van der Waals surface area contributed by atoms with Crippen molar-refractivity contribution in [1.82, 2.24) is 9.47 Å². The Morgan fingerprint density at radius 2 is 1.65 bits per heavy atom. The molecule has 1 aliphatic heterocycles. The summed E-state index contributed by atoms with van der Waals surface area (Å²) in [5.41, 5.74) is 2.09. The summed E-state index contributed by atoms with van der Waals surface area (Å²) in [7, 11) is 0. The third kappa shape index (κ3) is 7.64. The van der Waals surface area contributed by atoms with Gasteiger partial charge in [-0.3, -0.25) is 24.1 Å². The lowest BCUT2D eigenvalue weighted by molar-refractivity contribution is -0.127.